The van der Waals surface area contributed by atoms with Crippen molar-refractivity contribution in [3.05, 3.63) is 35.7 Å². The number of nitrogens with zero attached hydrogens (tertiary/aromatic N) is 3. The maximum Gasteiger partial charge on any atom is 0.164 e. The van der Waals surface area contributed by atoms with Gasteiger partial charge < -0.3 is 9.88 Å². The number of aromatic nitrogens is 3. The van der Waals surface area contributed by atoms with Gasteiger partial charge in [-0.25, -0.2) is 0 Å². The average molecular weight is 254 g/mol. The van der Waals surface area contributed by atoms with E-state index < -0.39 is 0 Å². The molecule has 1 N–H and O–H groups in total. The predicted molar refractivity (Wildman–Crippen MR) is 73.7 cm³/mol. The van der Waals surface area contributed by atoms with Crippen LogP contribution in [0.5, 0.6) is 0 Å². The molecule has 1 atom stereocenters. The van der Waals surface area contributed by atoms with E-state index in [9.17, 15) is 0 Å². The van der Waals surface area contributed by atoms with E-state index >= 15 is 0 Å². The van der Waals surface area contributed by atoms with Crippen LogP contribution in [0, 0.1) is 12.8 Å². The molecule has 0 amide bonds. The average Bonchev–Trinajstić information content (AvgIpc) is 3.17. The fourth-order valence-electron chi connectivity index (χ4n) is 2.99. The van der Waals surface area contributed by atoms with E-state index in [1.807, 2.05) is 0 Å². The molecule has 0 bridgehead atoms. The topological polar surface area (TPSA) is 42.7 Å². The van der Waals surface area contributed by atoms with Gasteiger partial charge in [-0.2, -0.15) is 0 Å². The van der Waals surface area contributed by atoms with Crippen LogP contribution >= 0.6 is 0 Å². The molecule has 1 aromatic carbocycles. The van der Waals surface area contributed by atoms with E-state index in [-0.39, 0.29) is 0 Å². The zero-order valence-corrected chi connectivity index (χ0v) is 11.1. The molecular weight excluding hydrogens is 236 g/mol. The molecule has 1 fully saturated rings. The molecule has 4 nitrogen and oxygen atoms in total. The Hall–Kier alpha value is -1.68. The summed E-state index contributed by atoms with van der Waals surface area (Å²) >= 11 is 0. The molecule has 0 saturated heterocycles. The summed E-state index contributed by atoms with van der Waals surface area (Å²) < 4.78 is 2.30. The number of aryl methyl sites for hydroxylation is 1. The van der Waals surface area contributed by atoms with Gasteiger partial charge in [0, 0.05) is 18.7 Å². The first-order valence-corrected chi connectivity index (χ1v) is 7.06. The summed E-state index contributed by atoms with van der Waals surface area (Å²) in [5, 5.41) is 12.5. The Morgan fingerprint density at radius 2 is 2.16 bits per heavy atom. The lowest BCUT2D eigenvalue weighted by molar-refractivity contribution is 0.383. The Labute approximate surface area is 112 Å². The van der Waals surface area contributed by atoms with Crippen LogP contribution in [0.25, 0.3) is 11.4 Å². The van der Waals surface area contributed by atoms with Crippen LogP contribution < -0.4 is 5.32 Å². The van der Waals surface area contributed by atoms with Crippen LogP contribution in [-0.2, 0) is 6.54 Å². The van der Waals surface area contributed by atoms with Crippen molar-refractivity contribution in [2.45, 2.75) is 32.4 Å². The fourth-order valence-corrected chi connectivity index (χ4v) is 2.99. The van der Waals surface area contributed by atoms with E-state index in [1.165, 1.54) is 24.0 Å². The summed E-state index contributed by atoms with van der Waals surface area (Å²) in [6.45, 7) is 4.10. The molecule has 4 rings (SSSR count). The first kappa shape index (κ1) is 11.2. The first-order chi connectivity index (χ1) is 9.33. The number of hydrogen-bond donors (Lipinski definition) is 1. The monoisotopic (exact) mass is 254 g/mol. The van der Waals surface area contributed by atoms with Gasteiger partial charge in [-0.05, 0) is 31.7 Å². The maximum atomic E-state index is 4.46. The normalized spacial score (nSPS) is 22.3. The van der Waals surface area contributed by atoms with E-state index in [4.69, 9.17) is 0 Å². The second-order valence-electron chi connectivity index (χ2n) is 5.67. The minimum Gasteiger partial charge on any atom is -0.308 e. The molecular formula is C15H18N4. The number of benzene rings is 1. The van der Waals surface area contributed by atoms with Gasteiger partial charge in [0.1, 0.15) is 0 Å². The Morgan fingerprint density at radius 1 is 1.26 bits per heavy atom. The Balaban J connectivity index is 1.78. The quantitative estimate of drug-likeness (QED) is 0.894. The van der Waals surface area contributed by atoms with E-state index in [0.29, 0.717) is 6.04 Å². The summed E-state index contributed by atoms with van der Waals surface area (Å²) in [4.78, 5) is 0. The van der Waals surface area contributed by atoms with Gasteiger partial charge in [-0.3, -0.25) is 0 Å². The van der Waals surface area contributed by atoms with Crippen LogP contribution in [0.4, 0.5) is 0 Å². The molecule has 98 valence electrons. The highest BCUT2D eigenvalue weighted by molar-refractivity contribution is 5.56. The third-order valence-electron chi connectivity index (χ3n) is 4.13. The summed E-state index contributed by atoms with van der Waals surface area (Å²) in [5.41, 5.74) is 2.44. The molecule has 1 aliphatic carbocycles. The van der Waals surface area contributed by atoms with Gasteiger partial charge in [0.05, 0.1) is 6.04 Å². The van der Waals surface area contributed by atoms with Gasteiger partial charge in [0.15, 0.2) is 11.6 Å². The molecule has 1 unspecified atom stereocenters. The summed E-state index contributed by atoms with van der Waals surface area (Å²) in [6, 6.07) is 8.93. The van der Waals surface area contributed by atoms with Crippen LogP contribution in [0.2, 0.25) is 0 Å². The fraction of sp³-hybridized carbons (Fsp3) is 0.467. The van der Waals surface area contributed by atoms with Gasteiger partial charge in [0.25, 0.3) is 0 Å². The summed E-state index contributed by atoms with van der Waals surface area (Å²) in [7, 11) is 0. The van der Waals surface area contributed by atoms with Crippen molar-refractivity contribution < 1.29 is 0 Å². The van der Waals surface area contributed by atoms with Crippen molar-refractivity contribution in [2.24, 2.45) is 5.92 Å². The van der Waals surface area contributed by atoms with Crippen LogP contribution in [-0.4, -0.2) is 21.3 Å². The predicted octanol–water partition coefficient (Wildman–Crippen LogP) is 2.31. The van der Waals surface area contributed by atoms with Gasteiger partial charge in [0.2, 0.25) is 0 Å². The second-order valence-corrected chi connectivity index (χ2v) is 5.67. The summed E-state index contributed by atoms with van der Waals surface area (Å²) in [5.74, 6) is 2.92. The second kappa shape index (κ2) is 4.17. The molecule has 0 spiro atoms. The molecule has 0 radical (unpaired) electrons. The minimum absolute atomic E-state index is 0.416. The Bertz CT molecular complexity index is 612. The van der Waals surface area contributed by atoms with E-state index in [1.54, 1.807) is 0 Å². The molecule has 2 heterocycles. The third-order valence-corrected chi connectivity index (χ3v) is 4.13. The van der Waals surface area contributed by atoms with Crippen molar-refractivity contribution in [1.29, 1.82) is 0 Å². The van der Waals surface area contributed by atoms with Gasteiger partial charge in [-0.15, -0.1) is 10.2 Å². The van der Waals surface area contributed by atoms with Crippen molar-refractivity contribution in [2.75, 3.05) is 6.54 Å². The van der Waals surface area contributed by atoms with Crippen molar-refractivity contribution in [3.8, 4) is 11.4 Å². The van der Waals surface area contributed by atoms with Crippen molar-refractivity contribution >= 4 is 0 Å². The smallest absolute Gasteiger partial charge is 0.164 e. The number of fused-ring (bicyclic) bond motifs is 1. The van der Waals surface area contributed by atoms with Crippen LogP contribution in [0.3, 0.4) is 0 Å². The highest BCUT2D eigenvalue weighted by Crippen LogP contribution is 2.42. The maximum absolute atomic E-state index is 4.46. The Morgan fingerprint density at radius 3 is 2.95 bits per heavy atom. The van der Waals surface area contributed by atoms with E-state index in [2.05, 4.69) is 51.3 Å². The molecule has 1 saturated carbocycles. The zero-order chi connectivity index (χ0) is 12.8. The summed E-state index contributed by atoms with van der Waals surface area (Å²) in [6.07, 6.45) is 2.65. The molecule has 1 aliphatic heterocycles. The molecule has 4 heteroatoms. The van der Waals surface area contributed by atoms with E-state index in [0.717, 1.165) is 30.7 Å². The van der Waals surface area contributed by atoms with Crippen LogP contribution in [0.15, 0.2) is 24.3 Å². The molecule has 1 aromatic heterocycles. The number of hydrogen-bond acceptors (Lipinski definition) is 3. The van der Waals surface area contributed by atoms with Crippen molar-refractivity contribution in [3.63, 3.8) is 0 Å². The lowest BCUT2D eigenvalue weighted by atomic mass is 10.1. The minimum atomic E-state index is 0.416. The standard InChI is InChI=1S/C15H18N4/c1-10-3-2-4-12(9-10)14-17-18-15-13(11-5-6-11)16-7-8-19(14)15/h2-4,9,11,13,16H,5-8H2,1H3. The third kappa shape index (κ3) is 1.87. The van der Waals surface area contributed by atoms with Crippen LogP contribution in [0.1, 0.15) is 30.3 Å². The lowest BCUT2D eigenvalue weighted by Gasteiger charge is -2.25. The first-order valence-electron chi connectivity index (χ1n) is 7.06. The van der Waals surface area contributed by atoms with Gasteiger partial charge >= 0.3 is 0 Å². The SMILES string of the molecule is Cc1cccc(-c2nnc3n2CCNC3C2CC2)c1. The largest absolute Gasteiger partial charge is 0.308 e. The number of rotatable bonds is 2. The lowest BCUT2D eigenvalue weighted by Crippen LogP contribution is -2.35. The highest BCUT2D eigenvalue weighted by Gasteiger charge is 2.37. The molecule has 19 heavy (non-hydrogen) atoms. The molecule has 2 aromatic rings. The Kier molecular flexibility index (Phi) is 2.45. The number of nitrogens with one attached hydrogen (secondary N) is 1. The van der Waals surface area contributed by atoms with Gasteiger partial charge in [-0.1, -0.05) is 23.8 Å². The zero-order valence-electron chi connectivity index (χ0n) is 11.1. The van der Waals surface area contributed by atoms with Crippen molar-refractivity contribution in [1.82, 2.24) is 20.1 Å². The molecule has 2 aliphatic rings. The highest BCUT2D eigenvalue weighted by atomic mass is 15.3.